The van der Waals surface area contributed by atoms with E-state index >= 15 is 0 Å². The van der Waals surface area contributed by atoms with Gasteiger partial charge in [-0.05, 0) is 17.7 Å². The number of ether oxygens (including phenoxy) is 1. The molecule has 6 heteroatoms. The third-order valence-corrected chi connectivity index (χ3v) is 2.75. The summed E-state index contributed by atoms with van der Waals surface area (Å²) in [4.78, 5) is 8.73. The summed E-state index contributed by atoms with van der Waals surface area (Å²) >= 11 is 5.96. The molecular weight excluding hydrogens is 264 g/mol. The van der Waals surface area contributed by atoms with Gasteiger partial charge in [0.15, 0.2) is 0 Å². The summed E-state index contributed by atoms with van der Waals surface area (Å²) < 4.78 is 5.07. The minimum absolute atomic E-state index is 0.416. The molecule has 0 radical (unpaired) electrons. The minimum atomic E-state index is 0.416. The molecule has 100 valence electrons. The molecule has 5 nitrogen and oxygen atoms in total. The van der Waals surface area contributed by atoms with Gasteiger partial charge in [-0.25, -0.2) is 15.8 Å². The Hall–Kier alpha value is -1.69. The van der Waals surface area contributed by atoms with Gasteiger partial charge in [-0.2, -0.15) is 0 Å². The van der Waals surface area contributed by atoms with Gasteiger partial charge >= 0.3 is 0 Å². The van der Waals surface area contributed by atoms with Crippen LogP contribution in [0.25, 0.3) is 0 Å². The van der Waals surface area contributed by atoms with Gasteiger partial charge in [0.25, 0.3) is 0 Å². The Morgan fingerprint density at radius 1 is 1.32 bits per heavy atom. The highest BCUT2D eigenvalue weighted by molar-refractivity contribution is 6.30. The summed E-state index contributed by atoms with van der Waals surface area (Å²) in [5.74, 6) is 6.64. The zero-order valence-corrected chi connectivity index (χ0v) is 11.3. The van der Waals surface area contributed by atoms with Crippen LogP contribution in [0.5, 0.6) is 0 Å². The summed E-state index contributed by atoms with van der Waals surface area (Å²) in [6, 6.07) is 9.36. The topological polar surface area (TPSA) is 73.1 Å². The van der Waals surface area contributed by atoms with E-state index in [1.807, 2.05) is 24.3 Å². The zero-order valence-electron chi connectivity index (χ0n) is 10.6. The Balaban J connectivity index is 2.26. The molecule has 0 spiro atoms. The smallest absolute Gasteiger partial charge is 0.144 e. The van der Waals surface area contributed by atoms with E-state index in [-0.39, 0.29) is 0 Å². The normalized spacial score (nSPS) is 10.5. The van der Waals surface area contributed by atoms with Crippen LogP contribution in [-0.2, 0) is 17.8 Å². The molecule has 0 fully saturated rings. The second-order valence-electron chi connectivity index (χ2n) is 4.04. The summed E-state index contributed by atoms with van der Waals surface area (Å²) in [7, 11) is 1.62. The number of anilines is 1. The number of hydrogen-bond donors (Lipinski definition) is 2. The number of benzene rings is 1. The minimum Gasteiger partial charge on any atom is -0.378 e. The van der Waals surface area contributed by atoms with Crippen LogP contribution in [0.15, 0.2) is 30.3 Å². The lowest BCUT2D eigenvalue weighted by Gasteiger charge is -2.07. The summed E-state index contributed by atoms with van der Waals surface area (Å²) in [5.41, 5.74) is 4.36. The molecule has 1 aromatic carbocycles. The maximum absolute atomic E-state index is 5.96. The fourth-order valence-corrected chi connectivity index (χ4v) is 1.97. The van der Waals surface area contributed by atoms with Gasteiger partial charge < -0.3 is 10.2 Å². The van der Waals surface area contributed by atoms with Crippen molar-refractivity contribution in [3.05, 3.63) is 52.4 Å². The van der Waals surface area contributed by atoms with E-state index in [9.17, 15) is 0 Å². The number of nitrogens with one attached hydrogen (secondary N) is 1. The molecule has 1 heterocycles. The highest BCUT2D eigenvalue weighted by atomic mass is 35.5. The van der Waals surface area contributed by atoms with Crippen molar-refractivity contribution < 1.29 is 4.74 Å². The molecule has 1 aromatic heterocycles. The molecule has 19 heavy (non-hydrogen) atoms. The zero-order chi connectivity index (χ0) is 13.7. The van der Waals surface area contributed by atoms with E-state index in [0.29, 0.717) is 29.7 Å². The second kappa shape index (κ2) is 6.47. The van der Waals surface area contributed by atoms with Gasteiger partial charge in [0, 0.05) is 24.6 Å². The first-order chi connectivity index (χ1) is 9.21. The number of halogens is 1. The molecule has 0 aliphatic carbocycles. The Morgan fingerprint density at radius 2 is 2.16 bits per heavy atom. The fourth-order valence-electron chi connectivity index (χ4n) is 1.76. The standard InChI is InChI=1S/C13H15ClN4O/c1-19-8-11-7-13(18-15)17-12(16-11)6-9-3-2-4-10(14)5-9/h2-5,7H,6,8,15H2,1H3,(H,16,17,18). The molecule has 0 amide bonds. The van der Waals surface area contributed by atoms with E-state index in [4.69, 9.17) is 22.2 Å². The predicted molar refractivity (Wildman–Crippen MR) is 74.8 cm³/mol. The number of nitrogen functional groups attached to an aromatic ring is 1. The van der Waals surface area contributed by atoms with Crippen molar-refractivity contribution in [2.75, 3.05) is 12.5 Å². The number of rotatable bonds is 5. The molecule has 2 rings (SSSR count). The van der Waals surface area contributed by atoms with Gasteiger partial charge in [0.1, 0.15) is 11.6 Å². The van der Waals surface area contributed by atoms with Crippen LogP contribution >= 0.6 is 11.6 Å². The highest BCUT2D eigenvalue weighted by Gasteiger charge is 2.05. The third-order valence-electron chi connectivity index (χ3n) is 2.52. The average Bonchev–Trinajstić information content (AvgIpc) is 2.39. The lowest BCUT2D eigenvalue weighted by atomic mass is 10.1. The quantitative estimate of drug-likeness (QED) is 0.648. The Morgan fingerprint density at radius 3 is 2.84 bits per heavy atom. The molecule has 0 saturated heterocycles. The number of hydrazine groups is 1. The first kappa shape index (κ1) is 13.7. The van der Waals surface area contributed by atoms with Crippen molar-refractivity contribution in [2.24, 2.45) is 5.84 Å². The van der Waals surface area contributed by atoms with Crippen LogP contribution < -0.4 is 11.3 Å². The SMILES string of the molecule is COCc1cc(NN)nc(Cc2cccc(Cl)c2)n1. The first-order valence-electron chi connectivity index (χ1n) is 5.78. The molecule has 0 atom stereocenters. The van der Waals surface area contributed by atoms with Crippen LogP contribution in [0.2, 0.25) is 5.02 Å². The third kappa shape index (κ3) is 3.89. The summed E-state index contributed by atoms with van der Waals surface area (Å²) in [6.07, 6.45) is 0.590. The van der Waals surface area contributed by atoms with Crippen LogP contribution in [0.3, 0.4) is 0 Å². The molecule has 0 bridgehead atoms. The number of aromatic nitrogens is 2. The molecule has 0 saturated carbocycles. The summed E-state index contributed by atoms with van der Waals surface area (Å²) in [6.45, 7) is 0.416. The van der Waals surface area contributed by atoms with Gasteiger partial charge in [-0.1, -0.05) is 23.7 Å². The Labute approximate surface area is 116 Å². The molecule has 0 aliphatic heterocycles. The van der Waals surface area contributed by atoms with Crippen LogP contribution in [0.1, 0.15) is 17.1 Å². The van der Waals surface area contributed by atoms with E-state index < -0.39 is 0 Å². The van der Waals surface area contributed by atoms with Crippen LogP contribution in [-0.4, -0.2) is 17.1 Å². The fraction of sp³-hybridized carbons (Fsp3) is 0.231. The van der Waals surface area contributed by atoms with Crippen molar-refractivity contribution in [1.29, 1.82) is 0 Å². The monoisotopic (exact) mass is 278 g/mol. The van der Waals surface area contributed by atoms with Gasteiger partial charge in [0.05, 0.1) is 12.3 Å². The van der Waals surface area contributed by atoms with Crippen molar-refractivity contribution in [2.45, 2.75) is 13.0 Å². The van der Waals surface area contributed by atoms with Crippen molar-refractivity contribution >= 4 is 17.4 Å². The number of nitrogens with two attached hydrogens (primary N) is 1. The molecule has 2 aromatic rings. The second-order valence-corrected chi connectivity index (χ2v) is 4.48. The largest absolute Gasteiger partial charge is 0.378 e. The number of hydrogen-bond acceptors (Lipinski definition) is 5. The van der Waals surface area contributed by atoms with Crippen molar-refractivity contribution in [3.8, 4) is 0 Å². The van der Waals surface area contributed by atoms with E-state index in [0.717, 1.165) is 11.3 Å². The van der Waals surface area contributed by atoms with Gasteiger partial charge in [-0.3, -0.25) is 0 Å². The highest BCUT2D eigenvalue weighted by Crippen LogP contribution is 2.15. The first-order valence-corrected chi connectivity index (χ1v) is 6.16. The van der Waals surface area contributed by atoms with E-state index in [1.54, 1.807) is 13.2 Å². The maximum atomic E-state index is 5.96. The lowest BCUT2D eigenvalue weighted by Crippen LogP contribution is -2.12. The van der Waals surface area contributed by atoms with Crippen LogP contribution in [0, 0.1) is 0 Å². The van der Waals surface area contributed by atoms with Crippen LogP contribution in [0.4, 0.5) is 5.82 Å². The predicted octanol–water partition coefficient (Wildman–Crippen LogP) is 2.15. The summed E-state index contributed by atoms with van der Waals surface area (Å²) in [5, 5.41) is 0.697. The maximum Gasteiger partial charge on any atom is 0.144 e. The Bertz CT molecular complexity index is 562. The van der Waals surface area contributed by atoms with E-state index in [2.05, 4.69) is 15.4 Å². The molecular formula is C13H15ClN4O. The van der Waals surface area contributed by atoms with E-state index in [1.165, 1.54) is 0 Å². The van der Waals surface area contributed by atoms with Gasteiger partial charge in [-0.15, -0.1) is 0 Å². The molecule has 0 aliphatic rings. The Kier molecular flexibility index (Phi) is 4.68. The van der Waals surface area contributed by atoms with Crippen molar-refractivity contribution in [3.63, 3.8) is 0 Å². The number of nitrogens with zero attached hydrogens (tertiary/aromatic N) is 2. The molecule has 3 N–H and O–H groups in total. The van der Waals surface area contributed by atoms with Crippen molar-refractivity contribution in [1.82, 2.24) is 9.97 Å². The average molecular weight is 279 g/mol. The number of methoxy groups -OCH3 is 1. The lowest BCUT2D eigenvalue weighted by molar-refractivity contribution is 0.181. The molecule has 0 unspecified atom stereocenters. The van der Waals surface area contributed by atoms with Gasteiger partial charge in [0.2, 0.25) is 0 Å².